The fourth-order valence-electron chi connectivity index (χ4n) is 4.46. The number of nitrogens with one attached hydrogen (secondary N) is 1. The van der Waals surface area contributed by atoms with Crippen molar-refractivity contribution in [3.05, 3.63) is 60.1 Å². The van der Waals surface area contributed by atoms with Crippen LogP contribution in [0.2, 0.25) is 0 Å². The monoisotopic (exact) mass is 568 g/mol. The average Bonchev–Trinajstić information content (AvgIpc) is 3.49. The van der Waals surface area contributed by atoms with E-state index in [1.807, 2.05) is 19.1 Å². The van der Waals surface area contributed by atoms with Gasteiger partial charge in [0.25, 0.3) is 0 Å². The Balaban J connectivity index is 0.00000306. The van der Waals surface area contributed by atoms with Crippen molar-refractivity contribution < 1.29 is 13.9 Å². The summed E-state index contributed by atoms with van der Waals surface area (Å²) in [5, 5.41) is 3.57. The number of ether oxygens (including phenoxy) is 2. The van der Waals surface area contributed by atoms with Crippen molar-refractivity contribution in [2.75, 3.05) is 52.5 Å². The largest absolute Gasteiger partial charge is 0.469 e. The first-order valence-corrected chi connectivity index (χ1v) is 11.9. The number of aliphatic imine (C=N–C) groups is 1. The Hall–Kier alpha value is -1.62. The number of fused-ring (bicyclic) bond motifs is 1. The van der Waals surface area contributed by atoms with Crippen molar-refractivity contribution in [3.8, 4) is 0 Å². The Morgan fingerprint density at radius 2 is 2.06 bits per heavy atom. The zero-order valence-corrected chi connectivity index (χ0v) is 21.9. The average molecular weight is 569 g/mol. The van der Waals surface area contributed by atoms with Crippen LogP contribution in [-0.4, -0.2) is 80.4 Å². The van der Waals surface area contributed by atoms with Crippen LogP contribution in [0, 0.1) is 0 Å². The first kappa shape index (κ1) is 26.0. The Morgan fingerprint density at radius 3 is 2.85 bits per heavy atom. The molecule has 2 unspecified atom stereocenters. The number of furan rings is 1. The Bertz CT molecular complexity index is 818. The van der Waals surface area contributed by atoms with Crippen LogP contribution in [0.1, 0.15) is 24.7 Å². The van der Waals surface area contributed by atoms with Gasteiger partial charge in [-0.15, -0.1) is 24.0 Å². The normalized spacial score (nSPS) is 21.0. The number of halogens is 1. The van der Waals surface area contributed by atoms with Gasteiger partial charge < -0.3 is 24.1 Å². The van der Waals surface area contributed by atoms with Crippen molar-refractivity contribution in [2.24, 2.45) is 4.99 Å². The summed E-state index contributed by atoms with van der Waals surface area (Å²) in [6.45, 7) is 9.58. The minimum absolute atomic E-state index is 0. The van der Waals surface area contributed by atoms with E-state index in [1.165, 1.54) is 5.56 Å². The molecule has 7 nitrogen and oxygen atoms in total. The van der Waals surface area contributed by atoms with Gasteiger partial charge in [0.2, 0.25) is 0 Å². The smallest absolute Gasteiger partial charge is 0.194 e. The molecular weight excluding hydrogens is 531 g/mol. The van der Waals surface area contributed by atoms with Gasteiger partial charge in [-0.3, -0.25) is 9.89 Å². The van der Waals surface area contributed by atoms with E-state index in [4.69, 9.17) is 18.9 Å². The third-order valence-electron chi connectivity index (χ3n) is 6.09. The summed E-state index contributed by atoms with van der Waals surface area (Å²) in [6.07, 6.45) is 3.70. The van der Waals surface area contributed by atoms with Crippen LogP contribution in [0.4, 0.5) is 0 Å². The molecule has 0 saturated carbocycles. The lowest BCUT2D eigenvalue weighted by atomic mass is 10.1. The van der Waals surface area contributed by atoms with Crippen LogP contribution in [0.5, 0.6) is 0 Å². The highest BCUT2D eigenvalue weighted by Crippen LogP contribution is 2.24. The van der Waals surface area contributed by atoms with Crippen LogP contribution >= 0.6 is 24.0 Å². The van der Waals surface area contributed by atoms with Crippen LogP contribution in [0.25, 0.3) is 0 Å². The predicted octanol–water partition coefficient (Wildman–Crippen LogP) is 3.40. The molecule has 0 radical (unpaired) electrons. The van der Waals surface area contributed by atoms with Gasteiger partial charge in [0.1, 0.15) is 5.76 Å². The van der Waals surface area contributed by atoms with Gasteiger partial charge in [-0.05, 0) is 31.0 Å². The Labute approximate surface area is 214 Å². The van der Waals surface area contributed by atoms with Crippen LogP contribution in [0.3, 0.4) is 0 Å². The van der Waals surface area contributed by atoms with Gasteiger partial charge in [0.15, 0.2) is 5.96 Å². The first-order chi connectivity index (χ1) is 15.8. The van der Waals surface area contributed by atoms with Crippen molar-refractivity contribution in [1.29, 1.82) is 0 Å². The maximum Gasteiger partial charge on any atom is 0.194 e. The van der Waals surface area contributed by atoms with Crippen LogP contribution in [0.15, 0.2) is 58.1 Å². The molecule has 0 spiro atoms. The number of morpholine rings is 1. The molecule has 2 aliphatic rings. The molecule has 1 aromatic carbocycles. The number of guanidine groups is 1. The Kier molecular flexibility index (Phi) is 11.0. The molecule has 182 valence electrons. The second kappa shape index (κ2) is 13.9. The summed E-state index contributed by atoms with van der Waals surface area (Å²) >= 11 is 0. The highest BCUT2D eigenvalue weighted by atomic mass is 127. The van der Waals surface area contributed by atoms with Crippen molar-refractivity contribution >= 4 is 29.9 Å². The molecule has 2 aromatic rings. The number of nitrogens with zero attached hydrogens (tertiary/aromatic N) is 3. The van der Waals surface area contributed by atoms with E-state index in [-0.39, 0.29) is 30.1 Å². The molecule has 8 heteroatoms. The lowest BCUT2D eigenvalue weighted by Crippen LogP contribution is -2.50. The fourth-order valence-corrected chi connectivity index (χ4v) is 4.46. The van der Waals surface area contributed by atoms with Gasteiger partial charge in [-0.25, -0.2) is 0 Å². The molecule has 0 bridgehead atoms. The number of hydrogen-bond donors (Lipinski definition) is 1. The maximum atomic E-state index is 6.17. The summed E-state index contributed by atoms with van der Waals surface area (Å²) in [4.78, 5) is 9.84. The minimum atomic E-state index is 0. The maximum absolute atomic E-state index is 6.17. The third kappa shape index (κ3) is 7.70. The zero-order valence-electron chi connectivity index (χ0n) is 19.5. The molecule has 2 saturated heterocycles. The summed E-state index contributed by atoms with van der Waals surface area (Å²) in [7, 11) is 0. The van der Waals surface area contributed by atoms with E-state index in [2.05, 4.69) is 45.4 Å². The fraction of sp³-hybridized carbons (Fsp3) is 0.560. The second-order valence-corrected chi connectivity index (χ2v) is 8.35. The number of benzene rings is 1. The molecule has 2 aliphatic heterocycles. The van der Waals surface area contributed by atoms with Gasteiger partial charge in [0.05, 0.1) is 25.0 Å². The molecule has 1 N–H and O–H groups in total. The highest BCUT2D eigenvalue weighted by Gasteiger charge is 2.41. The van der Waals surface area contributed by atoms with Crippen LogP contribution < -0.4 is 5.32 Å². The molecule has 0 aliphatic carbocycles. The topological polar surface area (TPSA) is 62.5 Å². The molecule has 2 fully saturated rings. The van der Waals surface area contributed by atoms with Crippen molar-refractivity contribution in [2.45, 2.75) is 38.5 Å². The third-order valence-corrected chi connectivity index (χ3v) is 6.09. The van der Waals surface area contributed by atoms with E-state index < -0.39 is 0 Å². The van der Waals surface area contributed by atoms with E-state index >= 15 is 0 Å². The Morgan fingerprint density at radius 1 is 1.18 bits per heavy atom. The summed E-state index contributed by atoms with van der Waals surface area (Å²) < 4.78 is 17.1. The van der Waals surface area contributed by atoms with E-state index in [1.54, 1.807) is 6.26 Å². The van der Waals surface area contributed by atoms with E-state index in [9.17, 15) is 0 Å². The standard InChI is InChI=1S/C25H36N4O3.HI/c1-2-30-15-7-12-26-25(27-13-11-22-10-6-16-31-22)29-19-23-24(20-29)32-17-14-28(23)18-21-8-4-3-5-9-21;/h3-6,8-10,16,23-24H,2,7,11-15,17-20H2,1H3,(H,26,27);1H. The van der Waals surface area contributed by atoms with Gasteiger partial charge >= 0.3 is 0 Å². The molecular formula is C25H37IN4O3. The number of likely N-dealkylation sites (tertiary alicyclic amines) is 1. The first-order valence-electron chi connectivity index (χ1n) is 11.9. The van der Waals surface area contributed by atoms with Crippen molar-refractivity contribution in [3.63, 3.8) is 0 Å². The summed E-state index contributed by atoms with van der Waals surface area (Å²) in [6, 6.07) is 15.0. The number of rotatable bonds is 10. The van der Waals surface area contributed by atoms with Gasteiger partial charge in [0, 0.05) is 58.9 Å². The molecule has 2 atom stereocenters. The summed E-state index contributed by atoms with van der Waals surface area (Å²) in [5.74, 6) is 1.95. The SMILES string of the molecule is CCOCCCN=C(NCCc1ccco1)N1CC2OCCN(Cc3ccccc3)C2C1.I. The molecule has 4 rings (SSSR count). The lowest BCUT2D eigenvalue weighted by Gasteiger charge is -2.36. The zero-order chi connectivity index (χ0) is 22.0. The van der Waals surface area contributed by atoms with Gasteiger partial charge in [-0.1, -0.05) is 30.3 Å². The summed E-state index contributed by atoms with van der Waals surface area (Å²) in [5.41, 5.74) is 1.35. The highest BCUT2D eigenvalue weighted by molar-refractivity contribution is 14.0. The molecule has 1 aromatic heterocycles. The molecule has 33 heavy (non-hydrogen) atoms. The second-order valence-electron chi connectivity index (χ2n) is 8.35. The number of hydrogen-bond acceptors (Lipinski definition) is 5. The quantitative estimate of drug-likeness (QED) is 0.205. The minimum Gasteiger partial charge on any atom is -0.469 e. The van der Waals surface area contributed by atoms with Crippen LogP contribution in [-0.2, 0) is 22.4 Å². The van der Waals surface area contributed by atoms with Crippen molar-refractivity contribution in [1.82, 2.24) is 15.1 Å². The van der Waals surface area contributed by atoms with Gasteiger partial charge in [-0.2, -0.15) is 0 Å². The molecule has 3 heterocycles. The van der Waals surface area contributed by atoms with E-state index in [0.717, 1.165) is 83.7 Å². The predicted molar refractivity (Wildman–Crippen MR) is 141 cm³/mol. The van der Waals surface area contributed by atoms with E-state index in [0.29, 0.717) is 6.04 Å². The lowest BCUT2D eigenvalue weighted by molar-refractivity contribution is -0.0502. The molecule has 0 amide bonds.